The lowest BCUT2D eigenvalue weighted by Crippen LogP contribution is -2.30. The molecule has 0 spiro atoms. The van der Waals surface area contributed by atoms with Crippen molar-refractivity contribution in [3.63, 3.8) is 0 Å². The first-order valence-corrected chi connectivity index (χ1v) is 20.8. The summed E-state index contributed by atoms with van der Waals surface area (Å²) >= 11 is 0. The van der Waals surface area contributed by atoms with Crippen LogP contribution in [-0.4, -0.2) is 37.2 Å². The summed E-state index contributed by atoms with van der Waals surface area (Å²) in [6.07, 6.45) is 31.0. The normalized spacial score (nSPS) is 12.6. The highest BCUT2D eigenvalue weighted by Gasteiger charge is 2.19. The minimum absolute atomic E-state index is 0.0670. The lowest BCUT2D eigenvalue weighted by atomic mass is 10.00. The van der Waals surface area contributed by atoms with Gasteiger partial charge in [-0.05, 0) is 31.1 Å². The molecule has 6 nitrogen and oxygen atoms in total. The van der Waals surface area contributed by atoms with Crippen molar-refractivity contribution in [1.82, 2.24) is 0 Å². The molecule has 0 saturated carbocycles. The minimum Gasteiger partial charge on any atom is -0.462 e. The van der Waals surface area contributed by atoms with Gasteiger partial charge in [0, 0.05) is 19.3 Å². The highest BCUT2D eigenvalue weighted by molar-refractivity contribution is 5.71. The largest absolute Gasteiger partial charge is 0.462 e. The van der Waals surface area contributed by atoms with Crippen molar-refractivity contribution < 1.29 is 28.6 Å². The average molecular weight is 681 g/mol. The lowest BCUT2D eigenvalue weighted by Gasteiger charge is -2.18. The smallest absolute Gasteiger partial charge is 0.306 e. The molecule has 0 aliphatic carbocycles. The van der Waals surface area contributed by atoms with Crippen LogP contribution >= 0.6 is 0 Å². The fourth-order valence-electron chi connectivity index (χ4n) is 6.01. The predicted molar refractivity (Wildman–Crippen MR) is 201 cm³/mol. The quantitative estimate of drug-likeness (QED) is 0.0372. The van der Waals surface area contributed by atoms with Gasteiger partial charge in [0.1, 0.15) is 13.2 Å². The van der Waals surface area contributed by atoms with Crippen LogP contribution in [0.5, 0.6) is 0 Å². The Morgan fingerprint density at radius 3 is 1.19 bits per heavy atom. The molecule has 0 aliphatic rings. The van der Waals surface area contributed by atoms with E-state index in [-0.39, 0.29) is 31.1 Å². The molecule has 284 valence electrons. The number of carbonyl (C=O) groups is 3. The number of hydrogen-bond acceptors (Lipinski definition) is 6. The third-order valence-corrected chi connectivity index (χ3v) is 9.58. The zero-order chi connectivity index (χ0) is 35.5. The molecule has 6 heteroatoms. The van der Waals surface area contributed by atoms with Crippen molar-refractivity contribution in [1.29, 1.82) is 0 Å². The van der Waals surface area contributed by atoms with Crippen LogP contribution in [0.1, 0.15) is 221 Å². The number of esters is 3. The summed E-state index contributed by atoms with van der Waals surface area (Å²) in [4.78, 5) is 37.5. The summed E-state index contributed by atoms with van der Waals surface area (Å²) in [5.41, 5.74) is 0. The predicted octanol–water partition coefficient (Wildman–Crippen LogP) is 12.6. The standard InChI is InChI=1S/C42H80O6/c1-6-8-9-10-11-12-13-14-15-22-27-32-40(43)46-35-39(36-47-41(44)33-28-23-18-16-20-25-30-37(3)4)48-42(45)34-29-24-19-17-21-26-31-38(5)7-2/h37-39H,6-36H2,1-5H3/t38?,39-/m0/s1. The minimum atomic E-state index is -0.760. The second-order valence-electron chi connectivity index (χ2n) is 15.0. The molecular weight excluding hydrogens is 600 g/mol. The molecule has 0 fully saturated rings. The Morgan fingerprint density at radius 2 is 0.792 bits per heavy atom. The van der Waals surface area contributed by atoms with E-state index in [0.29, 0.717) is 19.3 Å². The van der Waals surface area contributed by atoms with Gasteiger partial charge in [0.05, 0.1) is 0 Å². The number of unbranched alkanes of at least 4 members (excludes halogenated alkanes) is 20. The topological polar surface area (TPSA) is 78.9 Å². The summed E-state index contributed by atoms with van der Waals surface area (Å²) in [5, 5.41) is 0. The van der Waals surface area contributed by atoms with E-state index in [9.17, 15) is 14.4 Å². The van der Waals surface area contributed by atoms with Crippen molar-refractivity contribution in [2.24, 2.45) is 11.8 Å². The fraction of sp³-hybridized carbons (Fsp3) is 0.929. The maximum Gasteiger partial charge on any atom is 0.306 e. The first-order chi connectivity index (χ1) is 23.3. The van der Waals surface area contributed by atoms with Crippen LogP contribution in [0, 0.1) is 11.8 Å². The number of carbonyl (C=O) groups excluding carboxylic acids is 3. The van der Waals surface area contributed by atoms with Gasteiger partial charge in [0.25, 0.3) is 0 Å². The maximum absolute atomic E-state index is 12.6. The molecule has 0 aromatic carbocycles. The number of hydrogen-bond donors (Lipinski definition) is 0. The Hall–Kier alpha value is -1.59. The second kappa shape index (κ2) is 35.2. The third-order valence-electron chi connectivity index (χ3n) is 9.58. The van der Waals surface area contributed by atoms with E-state index >= 15 is 0 Å². The molecule has 0 bridgehead atoms. The van der Waals surface area contributed by atoms with Crippen LogP contribution < -0.4 is 0 Å². The van der Waals surface area contributed by atoms with Gasteiger partial charge in [-0.2, -0.15) is 0 Å². The van der Waals surface area contributed by atoms with Gasteiger partial charge in [0.2, 0.25) is 0 Å². The van der Waals surface area contributed by atoms with E-state index in [2.05, 4.69) is 34.6 Å². The molecule has 0 aliphatic heterocycles. The van der Waals surface area contributed by atoms with Crippen molar-refractivity contribution in [3.05, 3.63) is 0 Å². The number of rotatable bonds is 36. The summed E-state index contributed by atoms with van der Waals surface area (Å²) in [7, 11) is 0. The van der Waals surface area contributed by atoms with Crippen LogP contribution in [0.2, 0.25) is 0 Å². The second-order valence-corrected chi connectivity index (χ2v) is 15.0. The van der Waals surface area contributed by atoms with Crippen LogP contribution in [-0.2, 0) is 28.6 Å². The van der Waals surface area contributed by atoms with Gasteiger partial charge in [-0.15, -0.1) is 0 Å². The van der Waals surface area contributed by atoms with Crippen LogP contribution in [0.3, 0.4) is 0 Å². The zero-order valence-corrected chi connectivity index (χ0v) is 32.6. The van der Waals surface area contributed by atoms with Crippen LogP contribution in [0.25, 0.3) is 0 Å². The van der Waals surface area contributed by atoms with Gasteiger partial charge < -0.3 is 14.2 Å². The Labute approximate surface area is 298 Å². The molecule has 0 N–H and O–H groups in total. The first kappa shape index (κ1) is 46.4. The number of ether oxygens (including phenoxy) is 3. The molecule has 0 rings (SSSR count). The SMILES string of the molecule is CCCCCCCCCCCCCC(=O)OC[C@@H](COC(=O)CCCCCCCCC(C)C)OC(=O)CCCCCCCCC(C)CC. The molecule has 1 unspecified atom stereocenters. The van der Waals surface area contributed by atoms with E-state index in [0.717, 1.165) is 69.6 Å². The maximum atomic E-state index is 12.6. The van der Waals surface area contributed by atoms with E-state index in [1.807, 2.05) is 0 Å². The van der Waals surface area contributed by atoms with Crippen molar-refractivity contribution in [2.75, 3.05) is 13.2 Å². The fourth-order valence-corrected chi connectivity index (χ4v) is 6.01. The van der Waals surface area contributed by atoms with Gasteiger partial charge in [-0.1, -0.05) is 182 Å². The van der Waals surface area contributed by atoms with E-state index < -0.39 is 6.10 Å². The Balaban J connectivity index is 4.36. The molecule has 0 aromatic heterocycles. The van der Waals surface area contributed by atoms with Crippen molar-refractivity contribution >= 4 is 17.9 Å². The zero-order valence-electron chi connectivity index (χ0n) is 32.6. The summed E-state index contributed by atoms with van der Waals surface area (Å²) in [6, 6.07) is 0. The van der Waals surface area contributed by atoms with Crippen LogP contribution in [0.4, 0.5) is 0 Å². The lowest BCUT2D eigenvalue weighted by molar-refractivity contribution is -0.167. The third kappa shape index (κ3) is 34.3. The molecule has 2 atom stereocenters. The first-order valence-electron chi connectivity index (χ1n) is 20.8. The van der Waals surface area contributed by atoms with Crippen LogP contribution in [0.15, 0.2) is 0 Å². The molecule has 0 saturated heterocycles. The van der Waals surface area contributed by atoms with Crippen molar-refractivity contribution in [3.8, 4) is 0 Å². The summed E-state index contributed by atoms with van der Waals surface area (Å²) in [5.74, 6) is 0.702. The van der Waals surface area contributed by atoms with Gasteiger partial charge in [-0.3, -0.25) is 14.4 Å². The molecule has 48 heavy (non-hydrogen) atoms. The monoisotopic (exact) mass is 681 g/mol. The Kier molecular flexibility index (Phi) is 34.1. The molecule has 0 amide bonds. The van der Waals surface area contributed by atoms with E-state index in [1.165, 1.54) is 109 Å². The Morgan fingerprint density at radius 1 is 0.438 bits per heavy atom. The van der Waals surface area contributed by atoms with E-state index in [4.69, 9.17) is 14.2 Å². The molecule has 0 radical (unpaired) electrons. The summed E-state index contributed by atoms with van der Waals surface area (Å²) in [6.45, 7) is 11.2. The average Bonchev–Trinajstić information content (AvgIpc) is 3.06. The van der Waals surface area contributed by atoms with Gasteiger partial charge >= 0.3 is 17.9 Å². The summed E-state index contributed by atoms with van der Waals surface area (Å²) < 4.78 is 16.6. The molecule has 0 aromatic rings. The van der Waals surface area contributed by atoms with Gasteiger partial charge in [0.15, 0.2) is 6.10 Å². The van der Waals surface area contributed by atoms with Gasteiger partial charge in [-0.25, -0.2) is 0 Å². The highest BCUT2D eigenvalue weighted by atomic mass is 16.6. The molecule has 0 heterocycles. The van der Waals surface area contributed by atoms with E-state index in [1.54, 1.807) is 0 Å². The van der Waals surface area contributed by atoms with Crippen molar-refractivity contribution in [2.45, 2.75) is 227 Å². The highest BCUT2D eigenvalue weighted by Crippen LogP contribution is 2.16. The molecular formula is C42H80O6. The Bertz CT molecular complexity index is 736.